The third kappa shape index (κ3) is 4.91. The fourth-order valence-electron chi connectivity index (χ4n) is 3.67. The predicted octanol–water partition coefficient (Wildman–Crippen LogP) is 7.10. The van der Waals surface area contributed by atoms with E-state index in [0.29, 0.717) is 0 Å². The van der Waals surface area contributed by atoms with Crippen molar-refractivity contribution >= 4 is 34.8 Å². The van der Waals surface area contributed by atoms with Gasteiger partial charge >= 0.3 is 0 Å². The summed E-state index contributed by atoms with van der Waals surface area (Å²) in [6, 6.07) is 17.1. The lowest BCUT2D eigenvalue weighted by Crippen LogP contribution is -2.27. The maximum absolute atomic E-state index is 4.43. The molecule has 2 aromatic carbocycles. The standard InChI is InChI=1S/C27H29N.C2H6/c1-6-11-24(8-3)28-21(5)25(26-12-9-10-13-27(26)28)19-18-22(7-2)23-16-14-20(4)15-17-23;1-2/h7-10,12-19H,2,5-6,11H2,1,3-4H3;1-2H3/b22-18+,24-8+,25-19+;. The first-order valence-electron chi connectivity index (χ1n) is 11.0. The van der Waals surface area contributed by atoms with Gasteiger partial charge in [0, 0.05) is 21.7 Å². The van der Waals surface area contributed by atoms with E-state index in [4.69, 9.17) is 0 Å². The Morgan fingerprint density at radius 2 is 1.70 bits per heavy atom. The van der Waals surface area contributed by atoms with Crippen LogP contribution >= 0.6 is 0 Å². The van der Waals surface area contributed by atoms with Gasteiger partial charge in [0.05, 0.1) is 5.52 Å². The number of rotatable bonds is 6. The van der Waals surface area contributed by atoms with Gasteiger partial charge in [-0.1, -0.05) is 113 Å². The summed E-state index contributed by atoms with van der Waals surface area (Å²) < 4.78 is 2.30. The summed E-state index contributed by atoms with van der Waals surface area (Å²) in [4.78, 5) is 0. The van der Waals surface area contributed by atoms with Crippen molar-refractivity contribution in [1.29, 1.82) is 0 Å². The van der Waals surface area contributed by atoms with Gasteiger partial charge in [-0.25, -0.2) is 0 Å². The van der Waals surface area contributed by atoms with Crippen molar-refractivity contribution < 1.29 is 0 Å². The number of nitrogens with zero attached hydrogens (tertiary/aromatic N) is 1. The first kappa shape index (κ1) is 23.2. The van der Waals surface area contributed by atoms with Crippen molar-refractivity contribution in [1.82, 2.24) is 4.57 Å². The van der Waals surface area contributed by atoms with E-state index in [2.05, 4.69) is 105 Å². The van der Waals surface area contributed by atoms with Gasteiger partial charge in [-0.3, -0.25) is 0 Å². The van der Waals surface area contributed by atoms with Crippen LogP contribution in [0.4, 0.5) is 0 Å². The molecule has 1 nitrogen and oxygen atoms in total. The van der Waals surface area contributed by atoms with E-state index < -0.39 is 0 Å². The average molecular weight is 398 g/mol. The van der Waals surface area contributed by atoms with E-state index >= 15 is 0 Å². The topological polar surface area (TPSA) is 4.93 Å². The number of benzene rings is 2. The van der Waals surface area contributed by atoms with Gasteiger partial charge in [0.15, 0.2) is 0 Å². The van der Waals surface area contributed by atoms with Crippen molar-refractivity contribution in [3.05, 3.63) is 95.0 Å². The van der Waals surface area contributed by atoms with E-state index in [9.17, 15) is 0 Å². The quantitative estimate of drug-likeness (QED) is 0.391. The number of hydrogen-bond acceptors (Lipinski definition) is 0. The lowest BCUT2D eigenvalue weighted by Gasteiger charge is -2.09. The largest absolute Gasteiger partial charge is 0.314 e. The minimum absolute atomic E-state index is 1.03. The fraction of sp³-hybridized carbons (Fsp3) is 0.241. The van der Waals surface area contributed by atoms with Crippen LogP contribution in [-0.4, -0.2) is 4.57 Å². The first-order valence-corrected chi connectivity index (χ1v) is 11.0. The molecule has 0 saturated heterocycles. The highest BCUT2D eigenvalue weighted by molar-refractivity contribution is 5.87. The van der Waals surface area contributed by atoms with E-state index in [0.717, 1.165) is 29.0 Å². The lowest BCUT2D eigenvalue weighted by atomic mass is 10.0. The molecule has 0 fully saturated rings. The summed E-state index contributed by atoms with van der Waals surface area (Å²) in [5.41, 5.74) is 6.05. The second-order valence-electron chi connectivity index (χ2n) is 7.10. The monoisotopic (exact) mass is 397 g/mol. The maximum atomic E-state index is 4.43. The number of hydrogen-bond donors (Lipinski definition) is 0. The van der Waals surface area contributed by atoms with Crippen LogP contribution in [0, 0.1) is 6.92 Å². The summed E-state index contributed by atoms with van der Waals surface area (Å²) in [5.74, 6) is 0. The molecule has 0 spiro atoms. The Bertz CT molecular complexity index is 1150. The highest BCUT2D eigenvalue weighted by Crippen LogP contribution is 2.18. The van der Waals surface area contributed by atoms with Gasteiger partial charge in [0.25, 0.3) is 0 Å². The maximum Gasteiger partial charge on any atom is 0.0537 e. The van der Waals surface area contributed by atoms with Crippen LogP contribution in [0.3, 0.4) is 0 Å². The Morgan fingerprint density at radius 1 is 1.03 bits per heavy atom. The van der Waals surface area contributed by atoms with Crippen molar-refractivity contribution in [2.45, 2.75) is 47.5 Å². The molecule has 0 bridgehead atoms. The normalized spacial score (nSPS) is 12.6. The molecule has 0 saturated carbocycles. The highest BCUT2D eigenvalue weighted by Gasteiger charge is 2.08. The number of allylic oxidation sites excluding steroid dienone is 5. The molecule has 1 heteroatoms. The zero-order valence-electron chi connectivity index (χ0n) is 19.2. The zero-order valence-corrected chi connectivity index (χ0v) is 19.2. The molecule has 0 radical (unpaired) electrons. The van der Waals surface area contributed by atoms with Gasteiger partial charge in [-0.2, -0.15) is 0 Å². The Morgan fingerprint density at radius 3 is 2.30 bits per heavy atom. The smallest absolute Gasteiger partial charge is 0.0537 e. The summed E-state index contributed by atoms with van der Waals surface area (Å²) in [6.07, 6.45) is 10.6. The molecule has 0 N–H and O–H groups in total. The lowest BCUT2D eigenvalue weighted by molar-refractivity contribution is 0.903. The number of aromatic nitrogens is 1. The Hall–Kier alpha value is -3.06. The Kier molecular flexibility index (Phi) is 8.68. The van der Waals surface area contributed by atoms with Crippen LogP contribution in [-0.2, 0) is 0 Å². The van der Waals surface area contributed by atoms with Gasteiger partial charge < -0.3 is 4.57 Å². The number of fused-ring (bicyclic) bond motifs is 1. The zero-order chi connectivity index (χ0) is 22.1. The van der Waals surface area contributed by atoms with E-state index in [-0.39, 0.29) is 0 Å². The summed E-state index contributed by atoms with van der Waals surface area (Å²) >= 11 is 0. The molecule has 0 amide bonds. The van der Waals surface area contributed by atoms with Gasteiger partial charge in [0.1, 0.15) is 0 Å². The Balaban J connectivity index is 0.00000155. The molecule has 0 unspecified atom stereocenters. The molecule has 1 heterocycles. The summed E-state index contributed by atoms with van der Waals surface area (Å²) in [5, 5.41) is 3.43. The minimum Gasteiger partial charge on any atom is -0.314 e. The molecule has 156 valence electrons. The second kappa shape index (κ2) is 11.2. The fourth-order valence-corrected chi connectivity index (χ4v) is 3.67. The molecule has 0 aliphatic carbocycles. The molecule has 3 rings (SSSR count). The minimum atomic E-state index is 1.03. The van der Waals surface area contributed by atoms with E-state index in [1.165, 1.54) is 27.7 Å². The molecule has 30 heavy (non-hydrogen) atoms. The highest BCUT2D eigenvalue weighted by atomic mass is 15.0. The van der Waals surface area contributed by atoms with Crippen LogP contribution in [0.5, 0.6) is 0 Å². The third-order valence-electron chi connectivity index (χ3n) is 5.18. The molecule has 0 aliphatic rings. The van der Waals surface area contributed by atoms with Crippen LogP contribution in [0.2, 0.25) is 0 Å². The molecule has 1 aromatic heterocycles. The van der Waals surface area contributed by atoms with Crippen LogP contribution < -0.4 is 10.6 Å². The number of para-hydroxylation sites is 1. The molecule has 0 atom stereocenters. The van der Waals surface area contributed by atoms with Gasteiger partial charge in [-0.15, -0.1) is 0 Å². The molecular weight excluding hydrogens is 362 g/mol. The SMILES string of the molecule is C=C/C(=C\C=c1/c(=C)n(/C(=C/C)CCC)c2ccccc12)c1ccc(C)cc1.CC. The number of aryl methyl sites for hydroxylation is 1. The van der Waals surface area contributed by atoms with Gasteiger partial charge in [0.2, 0.25) is 0 Å². The summed E-state index contributed by atoms with van der Waals surface area (Å²) in [7, 11) is 0. The average Bonchev–Trinajstić information content (AvgIpc) is 3.06. The second-order valence-corrected chi connectivity index (χ2v) is 7.10. The predicted molar refractivity (Wildman–Crippen MR) is 137 cm³/mol. The van der Waals surface area contributed by atoms with E-state index in [1.807, 2.05) is 19.9 Å². The van der Waals surface area contributed by atoms with Crippen LogP contribution in [0.25, 0.3) is 34.8 Å². The van der Waals surface area contributed by atoms with E-state index in [1.54, 1.807) is 0 Å². The van der Waals surface area contributed by atoms with Crippen molar-refractivity contribution in [3.8, 4) is 0 Å². The third-order valence-corrected chi connectivity index (χ3v) is 5.18. The molecular formula is C29H35N. The van der Waals surface area contributed by atoms with Crippen LogP contribution in [0.1, 0.15) is 51.7 Å². The van der Waals surface area contributed by atoms with Crippen molar-refractivity contribution in [3.63, 3.8) is 0 Å². The Labute approximate surface area is 182 Å². The van der Waals surface area contributed by atoms with Crippen molar-refractivity contribution in [2.24, 2.45) is 0 Å². The van der Waals surface area contributed by atoms with Gasteiger partial charge in [-0.05, 0) is 37.5 Å². The first-order chi connectivity index (χ1) is 14.6. The summed E-state index contributed by atoms with van der Waals surface area (Å²) in [6.45, 7) is 18.9. The molecule has 3 aromatic rings. The van der Waals surface area contributed by atoms with Crippen LogP contribution in [0.15, 0.2) is 73.3 Å². The van der Waals surface area contributed by atoms with Crippen molar-refractivity contribution in [2.75, 3.05) is 0 Å². The molecule has 0 aliphatic heterocycles.